The molecule has 0 aliphatic heterocycles. The van der Waals surface area contributed by atoms with Gasteiger partial charge < -0.3 is 0 Å². The highest BCUT2D eigenvalue weighted by Crippen LogP contribution is 2.22. The van der Waals surface area contributed by atoms with Gasteiger partial charge in [0, 0.05) is 0 Å². The van der Waals surface area contributed by atoms with Crippen LogP contribution in [0.5, 0.6) is 0 Å². The highest BCUT2D eigenvalue weighted by Gasteiger charge is 2.08. The van der Waals surface area contributed by atoms with E-state index >= 15 is 0 Å². The molecular formula is C48H90S. The van der Waals surface area contributed by atoms with Gasteiger partial charge in [0.05, 0.1) is 0 Å². The number of rotatable bonds is 11. The monoisotopic (exact) mass is 699 g/mol. The molecule has 0 heterocycles. The van der Waals surface area contributed by atoms with Crippen LogP contribution < -0.4 is 0 Å². The van der Waals surface area contributed by atoms with Crippen molar-refractivity contribution < 1.29 is 0 Å². The standard InChI is InChI=1S/C13H20.C11H18.C10H18.C5H12.C4H10.C3H6S.C2H6/c1-9(2)12(7)8-13(10(3)4)11(5)6;1-3-10(2)9-11-7-5-4-6-8-11;1-5-7-10(6-2)8-9(3)4;1-5(2,3)4;1-3-4-2;1-3(2)4;1-2/h8H,3,5H2,1-2,4,6-7H3;4-7,10-11H,3,8-9H2,1-2H3;5,7,9H,1,6,8H2,2-4H3;1-4H3;3-4H2,1-2H3;1-2H3;1-2H3/b;;10-7-;;;;. The summed E-state index contributed by atoms with van der Waals surface area (Å²) < 4.78 is 0. The van der Waals surface area contributed by atoms with E-state index in [4.69, 9.17) is 0 Å². The average Bonchev–Trinajstić information content (AvgIpc) is 3.00. The maximum atomic E-state index is 4.54. The molecule has 288 valence electrons. The number of hydrogen-bond donors (Lipinski definition) is 0. The van der Waals surface area contributed by atoms with Gasteiger partial charge in [0.25, 0.3) is 0 Å². The molecule has 0 aromatic rings. The third kappa shape index (κ3) is 61.7. The molecule has 0 fully saturated rings. The van der Waals surface area contributed by atoms with Gasteiger partial charge in [-0.05, 0) is 108 Å². The summed E-state index contributed by atoms with van der Waals surface area (Å²) in [4.78, 5) is 1.00. The summed E-state index contributed by atoms with van der Waals surface area (Å²) >= 11 is 4.54. The molecule has 0 aromatic heterocycles. The Morgan fingerprint density at radius 1 is 0.837 bits per heavy atom. The van der Waals surface area contributed by atoms with Gasteiger partial charge in [0.1, 0.15) is 0 Å². The van der Waals surface area contributed by atoms with Gasteiger partial charge in [-0.25, -0.2) is 0 Å². The smallest absolute Gasteiger partial charge is 0.0133 e. The van der Waals surface area contributed by atoms with Crippen molar-refractivity contribution in [3.05, 3.63) is 95.7 Å². The normalized spacial score (nSPS) is 13.1. The molecule has 1 aliphatic rings. The maximum absolute atomic E-state index is 4.54. The molecule has 0 bridgehead atoms. The Morgan fingerprint density at radius 3 is 1.51 bits per heavy atom. The molecule has 49 heavy (non-hydrogen) atoms. The van der Waals surface area contributed by atoms with Crippen molar-refractivity contribution in [1.82, 2.24) is 0 Å². The Balaban J connectivity index is -0.000000118. The Labute approximate surface area is 318 Å². The van der Waals surface area contributed by atoms with Crippen LogP contribution in [0.1, 0.15) is 183 Å². The fraction of sp³-hybridized carbons (Fsp3) is 0.646. The molecule has 1 rings (SSSR count). The minimum Gasteiger partial charge on any atom is -0.0991 e. The van der Waals surface area contributed by atoms with E-state index in [1.807, 2.05) is 47.6 Å². The second-order valence-electron chi connectivity index (χ2n) is 15.3. The van der Waals surface area contributed by atoms with Crippen LogP contribution in [-0.2, 0) is 0 Å². The van der Waals surface area contributed by atoms with Crippen molar-refractivity contribution in [3.8, 4) is 0 Å². The van der Waals surface area contributed by atoms with E-state index in [2.05, 4.69) is 165 Å². The predicted molar refractivity (Wildman–Crippen MR) is 241 cm³/mol. The zero-order chi connectivity index (χ0) is 40.2. The lowest BCUT2D eigenvalue weighted by molar-refractivity contribution is 0.435. The Kier molecular flexibility index (Phi) is 48.8. The molecule has 0 aromatic carbocycles. The summed E-state index contributed by atoms with van der Waals surface area (Å²) in [5.41, 5.74) is 7.95. The van der Waals surface area contributed by atoms with Crippen LogP contribution in [0.25, 0.3) is 0 Å². The third-order valence-electron chi connectivity index (χ3n) is 6.52. The summed E-state index contributed by atoms with van der Waals surface area (Å²) in [6.45, 7) is 54.1. The quantitative estimate of drug-likeness (QED) is 0.153. The average molecular weight is 699 g/mol. The number of thiocarbonyl (C=S) groups is 1. The first-order valence-electron chi connectivity index (χ1n) is 19.3. The van der Waals surface area contributed by atoms with Gasteiger partial charge in [-0.15, -0.1) is 0 Å². The molecule has 0 saturated heterocycles. The van der Waals surface area contributed by atoms with Crippen molar-refractivity contribution in [1.29, 1.82) is 0 Å². The molecule has 1 heteroatoms. The summed E-state index contributed by atoms with van der Waals surface area (Å²) in [5.74, 6) is 2.47. The SMILES string of the molecule is C=C(C)C(=CC(C)=C(C)C)C(=C)C.C=C/C=C(/CC)CC(C)C.CC.CC(C)(C)C.CC(C)=S.CCC(C)CC1C=CC=CC1.CCCC. The highest BCUT2D eigenvalue weighted by atomic mass is 32.1. The molecule has 0 radical (unpaired) electrons. The molecular weight excluding hydrogens is 609 g/mol. The van der Waals surface area contributed by atoms with E-state index in [9.17, 15) is 0 Å². The first kappa shape index (κ1) is 59.2. The Hall–Kier alpha value is -1.99. The van der Waals surface area contributed by atoms with E-state index in [0.29, 0.717) is 5.41 Å². The van der Waals surface area contributed by atoms with E-state index < -0.39 is 0 Å². The van der Waals surface area contributed by atoms with Crippen LogP contribution in [0.4, 0.5) is 0 Å². The lowest BCUT2D eigenvalue weighted by Crippen LogP contribution is -2.03. The molecule has 0 amide bonds. The fourth-order valence-electron chi connectivity index (χ4n) is 3.48. The minimum absolute atomic E-state index is 0.500. The molecule has 1 aliphatic carbocycles. The van der Waals surface area contributed by atoms with Crippen LogP contribution in [-0.4, -0.2) is 4.86 Å². The van der Waals surface area contributed by atoms with Gasteiger partial charge in [-0.2, -0.15) is 0 Å². The van der Waals surface area contributed by atoms with E-state index in [1.54, 1.807) is 0 Å². The molecule has 0 saturated carbocycles. The summed E-state index contributed by atoms with van der Waals surface area (Å²) in [5, 5.41) is 0. The highest BCUT2D eigenvalue weighted by molar-refractivity contribution is 7.80. The van der Waals surface area contributed by atoms with Crippen molar-refractivity contribution in [2.24, 2.45) is 23.2 Å². The lowest BCUT2D eigenvalue weighted by Gasteiger charge is -2.16. The molecule has 0 N–H and O–H groups in total. The fourth-order valence-corrected chi connectivity index (χ4v) is 3.48. The summed E-state index contributed by atoms with van der Waals surface area (Å²) in [7, 11) is 0. The molecule has 2 unspecified atom stereocenters. The number of unbranched alkanes of at least 4 members (excludes halogenated alkanes) is 1. The van der Waals surface area contributed by atoms with Crippen LogP contribution in [0, 0.1) is 23.2 Å². The Morgan fingerprint density at radius 2 is 1.27 bits per heavy atom. The minimum atomic E-state index is 0.500. The van der Waals surface area contributed by atoms with Crippen molar-refractivity contribution in [2.45, 2.75) is 183 Å². The van der Waals surface area contributed by atoms with Crippen molar-refractivity contribution in [3.63, 3.8) is 0 Å². The van der Waals surface area contributed by atoms with Gasteiger partial charge in [0.2, 0.25) is 0 Å². The summed E-state index contributed by atoms with van der Waals surface area (Å²) in [6.07, 6.45) is 24.0. The van der Waals surface area contributed by atoms with Crippen LogP contribution in [0.2, 0.25) is 0 Å². The van der Waals surface area contributed by atoms with Gasteiger partial charge in [0.15, 0.2) is 0 Å². The first-order chi connectivity index (χ1) is 22.5. The van der Waals surface area contributed by atoms with Crippen LogP contribution in [0.15, 0.2) is 95.7 Å². The van der Waals surface area contributed by atoms with Gasteiger partial charge in [-0.3, -0.25) is 0 Å². The summed E-state index contributed by atoms with van der Waals surface area (Å²) in [6, 6.07) is 0. The van der Waals surface area contributed by atoms with Crippen molar-refractivity contribution in [2.75, 3.05) is 0 Å². The first-order valence-corrected chi connectivity index (χ1v) is 19.7. The molecule has 0 nitrogen and oxygen atoms in total. The largest absolute Gasteiger partial charge is 0.0991 e. The van der Waals surface area contributed by atoms with E-state index in [-0.39, 0.29) is 0 Å². The maximum Gasteiger partial charge on any atom is -0.0133 e. The number of hydrogen-bond acceptors (Lipinski definition) is 1. The zero-order valence-electron chi connectivity index (χ0n) is 37.3. The lowest BCUT2D eigenvalue weighted by atomic mass is 9.89. The topological polar surface area (TPSA) is 0 Å². The zero-order valence-corrected chi connectivity index (χ0v) is 38.1. The van der Waals surface area contributed by atoms with Gasteiger partial charge in [-0.1, -0.05) is 212 Å². The van der Waals surface area contributed by atoms with Gasteiger partial charge >= 0.3 is 0 Å². The molecule has 0 spiro atoms. The van der Waals surface area contributed by atoms with E-state index in [0.717, 1.165) is 40.2 Å². The van der Waals surface area contributed by atoms with Crippen LogP contribution >= 0.6 is 12.2 Å². The predicted octanol–water partition coefficient (Wildman–Crippen LogP) is 17.8. The second kappa shape index (κ2) is 40.4. The second-order valence-corrected chi connectivity index (χ2v) is 16.1. The third-order valence-corrected chi connectivity index (χ3v) is 6.52. The molecule has 2 atom stereocenters. The van der Waals surface area contributed by atoms with E-state index in [1.165, 1.54) is 60.8 Å². The number of allylic oxidation sites excluding steroid dienone is 13. The van der Waals surface area contributed by atoms with Crippen molar-refractivity contribution >= 4 is 17.1 Å². The Bertz CT molecular complexity index is 933. The van der Waals surface area contributed by atoms with Crippen LogP contribution in [0.3, 0.4) is 0 Å².